The summed E-state index contributed by atoms with van der Waals surface area (Å²) in [6.07, 6.45) is 2.72. The number of nitrogens with one attached hydrogen (secondary N) is 1. The molecule has 2 rings (SSSR count). The first-order valence-corrected chi connectivity index (χ1v) is 3.21. The predicted octanol–water partition coefficient (Wildman–Crippen LogP) is 0.195. The third-order valence-corrected chi connectivity index (χ3v) is 1.44. The normalized spacial score (nSPS) is 10.3. The van der Waals surface area contributed by atoms with Crippen molar-refractivity contribution in [2.45, 2.75) is 0 Å². The molecule has 0 saturated carbocycles. The van der Waals surface area contributed by atoms with Crippen molar-refractivity contribution >= 4 is 23.7 Å². The first-order valence-electron chi connectivity index (χ1n) is 3.21. The van der Waals surface area contributed by atoms with Crippen molar-refractivity contribution in [1.82, 2.24) is 19.9 Å². The molecule has 0 atom stereocenters. The number of hydrogen-bond acceptors (Lipinski definition) is 4. The molecule has 2 aromatic heterocycles. The number of imidazole rings is 1. The molecular weight excluding hydrogens is 158 g/mol. The Morgan fingerprint density at radius 1 is 1.42 bits per heavy atom. The Balaban J connectivity index is 2.82. The van der Waals surface area contributed by atoms with Crippen LogP contribution in [0.3, 0.4) is 0 Å². The predicted molar refractivity (Wildman–Crippen MR) is 42.1 cm³/mol. The summed E-state index contributed by atoms with van der Waals surface area (Å²) in [5.41, 5.74) is 0.965. The molecule has 0 unspecified atom stereocenters. The standard InChI is InChI=1S/C6H5N5O/c1-11(12)6-4-5(8-2-7-4)9-3-10-6/h2-3H,1H2,(H,7,8,9,10). The maximum Gasteiger partial charge on any atom is 0.354 e. The Bertz CT molecular complexity index is 434. The number of hydrogen-bond donors (Lipinski definition) is 1. The Morgan fingerprint density at radius 2 is 2.25 bits per heavy atom. The first-order chi connectivity index (χ1) is 5.79. The van der Waals surface area contributed by atoms with E-state index >= 15 is 0 Å². The molecule has 0 saturated heterocycles. The van der Waals surface area contributed by atoms with Gasteiger partial charge in [0.25, 0.3) is 0 Å². The third kappa shape index (κ3) is 0.815. The van der Waals surface area contributed by atoms with E-state index in [0.29, 0.717) is 15.9 Å². The van der Waals surface area contributed by atoms with Crippen LogP contribution in [0, 0.1) is 5.21 Å². The zero-order valence-electron chi connectivity index (χ0n) is 6.06. The fourth-order valence-electron chi connectivity index (χ4n) is 0.941. The molecule has 0 spiro atoms. The molecule has 6 nitrogen and oxygen atoms in total. The smallest absolute Gasteiger partial charge is 0.354 e. The van der Waals surface area contributed by atoms with E-state index in [9.17, 15) is 5.21 Å². The monoisotopic (exact) mass is 163 g/mol. The lowest BCUT2D eigenvalue weighted by molar-refractivity contribution is -0.353. The second kappa shape index (κ2) is 2.26. The molecule has 2 heterocycles. The van der Waals surface area contributed by atoms with Crippen LogP contribution in [-0.2, 0) is 0 Å². The van der Waals surface area contributed by atoms with Crippen LogP contribution in [0.5, 0.6) is 0 Å². The summed E-state index contributed by atoms with van der Waals surface area (Å²) >= 11 is 0. The number of aromatic nitrogens is 4. The van der Waals surface area contributed by atoms with Gasteiger partial charge in [-0.2, -0.15) is 4.98 Å². The zero-order chi connectivity index (χ0) is 8.55. The summed E-state index contributed by atoms with van der Waals surface area (Å²) in [6, 6.07) is 0. The van der Waals surface area contributed by atoms with Gasteiger partial charge >= 0.3 is 5.82 Å². The molecule has 0 aliphatic carbocycles. The topological polar surface area (TPSA) is 80.5 Å². The van der Waals surface area contributed by atoms with E-state index in [4.69, 9.17) is 0 Å². The molecule has 1 N–H and O–H groups in total. The van der Waals surface area contributed by atoms with Crippen molar-refractivity contribution in [3.05, 3.63) is 17.9 Å². The molecule has 0 fully saturated rings. The summed E-state index contributed by atoms with van der Waals surface area (Å²) in [6.45, 7) is 3.18. The Kier molecular flexibility index (Phi) is 1.26. The van der Waals surface area contributed by atoms with Gasteiger partial charge in [0.2, 0.25) is 6.33 Å². The van der Waals surface area contributed by atoms with Gasteiger partial charge in [0.05, 0.1) is 13.0 Å². The maximum absolute atomic E-state index is 10.8. The van der Waals surface area contributed by atoms with E-state index in [1.807, 2.05) is 0 Å². The van der Waals surface area contributed by atoms with Gasteiger partial charge in [0, 0.05) is 0 Å². The second-order valence-electron chi connectivity index (χ2n) is 2.18. The largest absolute Gasteiger partial charge is 0.711 e. The van der Waals surface area contributed by atoms with Crippen LogP contribution >= 0.6 is 0 Å². The van der Waals surface area contributed by atoms with Gasteiger partial charge in [-0.1, -0.05) is 0 Å². The van der Waals surface area contributed by atoms with Crippen LogP contribution in [-0.4, -0.2) is 31.4 Å². The van der Waals surface area contributed by atoms with Gasteiger partial charge in [0.1, 0.15) is 0 Å². The second-order valence-corrected chi connectivity index (χ2v) is 2.18. The number of fused-ring (bicyclic) bond motifs is 1. The molecule has 0 aliphatic heterocycles. The SMILES string of the molecule is C=[N+]([O-])c1ncnc2nc[nH]c12. The van der Waals surface area contributed by atoms with E-state index in [0.717, 1.165) is 0 Å². The summed E-state index contributed by atoms with van der Waals surface area (Å²) in [5.74, 6) is 0.192. The van der Waals surface area contributed by atoms with Crippen molar-refractivity contribution < 1.29 is 4.74 Å². The third-order valence-electron chi connectivity index (χ3n) is 1.44. The highest BCUT2D eigenvalue weighted by Gasteiger charge is 2.11. The Hall–Kier alpha value is -1.98. The Morgan fingerprint density at radius 3 is 3.00 bits per heavy atom. The number of rotatable bonds is 1. The molecule has 12 heavy (non-hydrogen) atoms. The van der Waals surface area contributed by atoms with Crippen LogP contribution in [0.15, 0.2) is 12.7 Å². The molecule has 0 aromatic carbocycles. The van der Waals surface area contributed by atoms with Crippen LogP contribution in [0.2, 0.25) is 0 Å². The summed E-state index contributed by atoms with van der Waals surface area (Å²) in [7, 11) is 0. The highest BCUT2D eigenvalue weighted by atomic mass is 16.5. The molecule has 0 aliphatic rings. The fourth-order valence-corrected chi connectivity index (χ4v) is 0.941. The van der Waals surface area contributed by atoms with Crippen LogP contribution in [0.1, 0.15) is 0 Å². The molecular formula is C6H5N5O. The van der Waals surface area contributed by atoms with Crippen molar-refractivity contribution in [1.29, 1.82) is 0 Å². The lowest BCUT2D eigenvalue weighted by Crippen LogP contribution is -1.95. The van der Waals surface area contributed by atoms with Crippen LogP contribution in [0.4, 0.5) is 5.82 Å². The van der Waals surface area contributed by atoms with Crippen molar-refractivity contribution in [3.63, 3.8) is 0 Å². The highest BCUT2D eigenvalue weighted by molar-refractivity contribution is 5.78. The molecule has 0 amide bonds. The minimum atomic E-state index is 0.192. The van der Waals surface area contributed by atoms with E-state index in [1.165, 1.54) is 12.7 Å². The maximum atomic E-state index is 10.8. The van der Waals surface area contributed by atoms with Crippen molar-refractivity contribution in [3.8, 4) is 0 Å². The molecule has 2 aromatic rings. The molecule has 60 valence electrons. The number of aromatic amines is 1. The first kappa shape index (κ1) is 6.71. The molecule has 6 heteroatoms. The van der Waals surface area contributed by atoms with E-state index in [1.54, 1.807) is 0 Å². The summed E-state index contributed by atoms with van der Waals surface area (Å²) < 4.78 is 0.419. The minimum Gasteiger partial charge on any atom is -0.711 e. The lowest BCUT2D eigenvalue weighted by Gasteiger charge is -2.00. The van der Waals surface area contributed by atoms with E-state index < -0.39 is 0 Å². The van der Waals surface area contributed by atoms with Gasteiger partial charge in [-0.25, -0.2) is 9.72 Å². The highest BCUT2D eigenvalue weighted by Crippen LogP contribution is 2.15. The van der Waals surface area contributed by atoms with Crippen molar-refractivity contribution in [2.75, 3.05) is 0 Å². The van der Waals surface area contributed by atoms with Crippen LogP contribution < -0.4 is 0 Å². The zero-order valence-corrected chi connectivity index (χ0v) is 6.06. The van der Waals surface area contributed by atoms with Crippen LogP contribution in [0.25, 0.3) is 11.2 Å². The van der Waals surface area contributed by atoms with Gasteiger partial charge in [0.15, 0.2) is 11.2 Å². The molecule has 0 radical (unpaired) electrons. The van der Waals surface area contributed by atoms with Gasteiger partial charge in [-0.3, -0.25) is 0 Å². The van der Waals surface area contributed by atoms with Gasteiger partial charge in [-0.15, -0.1) is 0 Å². The average Bonchev–Trinajstić information content (AvgIpc) is 2.49. The Labute approximate surface area is 67.2 Å². The van der Waals surface area contributed by atoms with Gasteiger partial charge in [-0.05, 0) is 4.98 Å². The fraction of sp³-hybridized carbons (Fsp3) is 0. The van der Waals surface area contributed by atoms with E-state index in [2.05, 4.69) is 26.7 Å². The average molecular weight is 163 g/mol. The van der Waals surface area contributed by atoms with Crippen molar-refractivity contribution in [2.24, 2.45) is 0 Å². The lowest BCUT2D eigenvalue weighted by atomic mass is 10.5. The number of H-pyrrole nitrogens is 1. The molecule has 0 bridgehead atoms. The summed E-state index contributed by atoms with van der Waals surface area (Å²) in [4.78, 5) is 14.2. The summed E-state index contributed by atoms with van der Waals surface area (Å²) in [5, 5.41) is 10.8. The quantitative estimate of drug-likeness (QED) is 0.282. The number of nitrogens with zero attached hydrogens (tertiary/aromatic N) is 4. The van der Waals surface area contributed by atoms with Gasteiger partial charge < -0.3 is 10.2 Å². The van der Waals surface area contributed by atoms with E-state index in [-0.39, 0.29) is 5.82 Å². The minimum absolute atomic E-state index is 0.192.